The predicted molar refractivity (Wildman–Crippen MR) is 46.7 cm³/mol. The first-order valence-electron chi connectivity index (χ1n) is 1.41. The lowest BCUT2D eigenvalue weighted by atomic mass is 11.9. The van der Waals surface area contributed by atoms with Crippen LogP contribution in [0.25, 0.3) is 0 Å². The van der Waals surface area contributed by atoms with Gasteiger partial charge in [0.05, 0.1) is 0 Å². The quantitative estimate of drug-likeness (QED) is 0.528. The van der Waals surface area contributed by atoms with Gasteiger partial charge < -0.3 is 0 Å². The van der Waals surface area contributed by atoms with Gasteiger partial charge in [-0.05, 0) is 0 Å². The van der Waals surface area contributed by atoms with Crippen molar-refractivity contribution in [1.82, 2.24) is 0 Å². The van der Waals surface area contributed by atoms with E-state index in [0.29, 0.717) is 0 Å². The van der Waals surface area contributed by atoms with E-state index in [1.54, 1.807) is 0 Å². The smallest absolute Gasteiger partial charge is 0.168 e. The number of alkyl halides is 2. The number of sulfone groups is 1. The molecule has 0 aliphatic rings. The Hall–Kier alpha value is 1.41. The molecular formula is C2H4I2O2S. The molecule has 0 heterocycles. The molecule has 0 aliphatic carbocycles. The zero-order valence-corrected chi connectivity index (χ0v) is 8.69. The van der Waals surface area contributed by atoms with Crippen molar-refractivity contribution in [3.05, 3.63) is 0 Å². The molecule has 0 saturated heterocycles. The van der Waals surface area contributed by atoms with Gasteiger partial charge in [-0.1, -0.05) is 45.2 Å². The van der Waals surface area contributed by atoms with Crippen LogP contribution in [-0.4, -0.2) is 15.9 Å². The van der Waals surface area contributed by atoms with Gasteiger partial charge in [-0.3, -0.25) is 0 Å². The molecule has 0 spiro atoms. The number of hydrogen-bond acceptors (Lipinski definition) is 2. The Morgan fingerprint density at radius 2 is 1.57 bits per heavy atom. The molecule has 2 nitrogen and oxygen atoms in total. The molecule has 0 amide bonds. The fourth-order valence-corrected chi connectivity index (χ4v) is 0. The lowest BCUT2D eigenvalue weighted by Gasteiger charge is -1.92. The van der Waals surface area contributed by atoms with Crippen LogP contribution < -0.4 is 0 Å². The Labute approximate surface area is 70.3 Å². The van der Waals surface area contributed by atoms with Gasteiger partial charge in [0.25, 0.3) is 0 Å². The van der Waals surface area contributed by atoms with Crippen molar-refractivity contribution < 1.29 is 8.42 Å². The van der Waals surface area contributed by atoms with Gasteiger partial charge in [0.1, 0.15) is 0 Å². The molecule has 0 unspecified atom stereocenters. The van der Waals surface area contributed by atoms with E-state index in [1.807, 2.05) is 45.2 Å². The van der Waals surface area contributed by atoms with Crippen LogP contribution in [0, 0.1) is 0 Å². The highest BCUT2D eigenvalue weighted by atomic mass is 127. The number of rotatable bonds is 1. The van der Waals surface area contributed by atoms with Crippen LogP contribution in [0.3, 0.4) is 0 Å². The van der Waals surface area contributed by atoms with Crippen LogP contribution in [0.15, 0.2) is 0 Å². The molecule has 0 atom stereocenters. The minimum atomic E-state index is -2.77. The van der Waals surface area contributed by atoms with Crippen molar-refractivity contribution in [3.63, 3.8) is 0 Å². The van der Waals surface area contributed by atoms with E-state index in [9.17, 15) is 8.42 Å². The highest BCUT2D eigenvalue weighted by molar-refractivity contribution is 14.2. The molecule has 0 rings (SSSR count). The second-order valence-corrected chi connectivity index (χ2v) is 9.79. The molecule has 0 aliphatic heterocycles. The summed E-state index contributed by atoms with van der Waals surface area (Å²) in [7, 11) is -2.77. The molecule has 0 aromatic rings. The Bertz CT molecular complexity index is 136. The van der Waals surface area contributed by atoms with E-state index in [2.05, 4.69) is 0 Å². The van der Waals surface area contributed by atoms with Crippen LogP contribution in [-0.2, 0) is 9.84 Å². The number of hydrogen-bond donors (Lipinski definition) is 0. The maximum atomic E-state index is 10.3. The van der Waals surface area contributed by atoms with E-state index in [-0.39, 0.29) is 1.26 Å². The normalized spacial score (nSPS) is 12.6. The predicted octanol–water partition coefficient (Wildman–Crippen LogP) is 1.18. The average molecular weight is 346 g/mol. The van der Waals surface area contributed by atoms with Crippen molar-refractivity contribution in [2.24, 2.45) is 0 Å². The Kier molecular flexibility index (Phi) is 3.38. The van der Waals surface area contributed by atoms with Crippen LogP contribution >= 0.6 is 45.2 Å². The fourth-order valence-electron chi connectivity index (χ4n) is 0. The van der Waals surface area contributed by atoms with Gasteiger partial charge in [0.15, 0.2) is 11.1 Å². The van der Waals surface area contributed by atoms with Gasteiger partial charge in [0, 0.05) is 6.26 Å². The summed E-state index contributed by atoms with van der Waals surface area (Å²) >= 11 is 3.70. The summed E-state index contributed by atoms with van der Waals surface area (Å²) < 4.78 is 20.3. The zero-order valence-electron chi connectivity index (χ0n) is 3.56. The summed E-state index contributed by atoms with van der Waals surface area (Å²) in [6, 6.07) is 0. The van der Waals surface area contributed by atoms with Gasteiger partial charge in [-0.15, -0.1) is 0 Å². The molecule has 0 aromatic carbocycles. The van der Waals surface area contributed by atoms with Crippen molar-refractivity contribution in [2.45, 2.75) is 1.26 Å². The first-order valence-corrected chi connectivity index (χ1v) is 5.86. The lowest BCUT2D eigenvalue weighted by Crippen LogP contribution is -2.02. The highest BCUT2D eigenvalue weighted by Gasteiger charge is 2.09. The van der Waals surface area contributed by atoms with E-state index in [0.717, 1.165) is 0 Å². The van der Waals surface area contributed by atoms with Crippen molar-refractivity contribution in [1.29, 1.82) is 0 Å². The largest absolute Gasteiger partial charge is 0.227 e. The Morgan fingerprint density at radius 1 is 1.43 bits per heavy atom. The van der Waals surface area contributed by atoms with E-state index in [4.69, 9.17) is 0 Å². The molecule has 7 heavy (non-hydrogen) atoms. The summed E-state index contributed by atoms with van der Waals surface area (Å²) in [6.07, 6.45) is 1.22. The maximum Gasteiger partial charge on any atom is 0.168 e. The molecule has 0 N–H and O–H groups in total. The third-order valence-electron chi connectivity index (χ3n) is 0.324. The van der Waals surface area contributed by atoms with Crippen LogP contribution in [0.4, 0.5) is 0 Å². The van der Waals surface area contributed by atoms with Gasteiger partial charge in [-0.2, -0.15) is 0 Å². The first-order chi connectivity index (χ1) is 2.94. The van der Waals surface area contributed by atoms with Crippen molar-refractivity contribution in [2.75, 3.05) is 6.26 Å². The van der Waals surface area contributed by atoms with Gasteiger partial charge >= 0.3 is 0 Å². The standard InChI is InChI=1S/C2H4I2O2S/c1-7(5,6)2(3)4/h2H,1H3. The Balaban J connectivity index is 4.10. The molecule has 0 radical (unpaired) electrons. The SMILES string of the molecule is CS(=O)(=O)C(I)I. The van der Waals surface area contributed by atoms with Crippen LogP contribution in [0.1, 0.15) is 0 Å². The highest BCUT2D eigenvalue weighted by Crippen LogP contribution is 2.15. The second-order valence-electron chi connectivity index (χ2n) is 1.09. The van der Waals surface area contributed by atoms with Crippen LogP contribution in [0.5, 0.6) is 0 Å². The van der Waals surface area contributed by atoms with Gasteiger partial charge in [-0.25, -0.2) is 8.42 Å². The van der Waals surface area contributed by atoms with E-state index < -0.39 is 9.84 Å². The van der Waals surface area contributed by atoms with Gasteiger partial charge in [0.2, 0.25) is 0 Å². The molecule has 5 heteroatoms. The minimum Gasteiger partial charge on any atom is -0.227 e. The van der Waals surface area contributed by atoms with Crippen LogP contribution in [0.2, 0.25) is 0 Å². The molecular weight excluding hydrogens is 342 g/mol. The fraction of sp³-hybridized carbons (Fsp3) is 1.00. The molecule has 0 aromatic heterocycles. The monoisotopic (exact) mass is 346 g/mol. The van der Waals surface area contributed by atoms with E-state index >= 15 is 0 Å². The third kappa shape index (κ3) is 3.95. The lowest BCUT2D eigenvalue weighted by molar-refractivity contribution is 0.606. The summed E-state index contributed by atoms with van der Waals surface area (Å²) in [5, 5.41) is 0. The molecule has 44 valence electrons. The summed E-state index contributed by atoms with van der Waals surface area (Å²) in [5.41, 5.74) is 0. The zero-order chi connectivity index (χ0) is 6.08. The van der Waals surface area contributed by atoms with Crippen molar-refractivity contribution >= 4 is 55.0 Å². The summed E-state index contributed by atoms with van der Waals surface area (Å²) in [5.74, 6) is 0. The topological polar surface area (TPSA) is 34.1 Å². The van der Waals surface area contributed by atoms with E-state index in [1.165, 1.54) is 6.26 Å². The second kappa shape index (κ2) is 2.81. The summed E-state index contributed by atoms with van der Waals surface area (Å²) in [6.45, 7) is 0. The average Bonchev–Trinajstić information content (AvgIpc) is 1.31. The molecule has 0 bridgehead atoms. The van der Waals surface area contributed by atoms with Crippen molar-refractivity contribution in [3.8, 4) is 0 Å². The third-order valence-corrected chi connectivity index (χ3v) is 6.51. The summed E-state index contributed by atoms with van der Waals surface area (Å²) in [4.78, 5) is 0. The molecule has 0 fully saturated rings. The number of halogens is 2. The minimum absolute atomic E-state index is 0.289. The first kappa shape index (κ1) is 8.41. The molecule has 0 saturated carbocycles. The maximum absolute atomic E-state index is 10.3. The Morgan fingerprint density at radius 3 is 1.57 bits per heavy atom.